The Balaban J connectivity index is 0. The van der Waals surface area contributed by atoms with Crippen LogP contribution in [0.3, 0.4) is 0 Å². The number of rotatable bonds is 0. The highest BCUT2D eigenvalue weighted by atomic mass is 35.5. The molecule has 2 heteroatoms. The maximum atomic E-state index is 4.64. The molecule has 0 aliphatic heterocycles. The number of alkyl halides is 1. The van der Waals surface area contributed by atoms with Gasteiger partial charge in [0.2, 0.25) is 0 Å². The van der Waals surface area contributed by atoms with Crippen LogP contribution in [-0.4, -0.2) is 20.6 Å². The largest absolute Gasteiger partial charge is 0.388 e. The number of ether oxygens (including phenoxy) is 1. The standard InChI is InChI=1S/C2H6O.CH3Cl/c1-3-2;1-2/h1-2H3;1H3. The van der Waals surface area contributed by atoms with Crippen molar-refractivity contribution in [3.63, 3.8) is 0 Å². The number of halogens is 1. The first-order valence-corrected chi connectivity index (χ1v) is 1.95. The number of hydrogen-bond donors (Lipinski definition) is 0. The molecule has 0 N–H and O–H groups in total. The van der Waals surface area contributed by atoms with E-state index in [1.54, 1.807) is 14.2 Å². The van der Waals surface area contributed by atoms with E-state index in [0.717, 1.165) is 0 Å². The van der Waals surface area contributed by atoms with Crippen LogP contribution >= 0.6 is 11.6 Å². The Morgan fingerprint density at radius 3 is 1.20 bits per heavy atom. The summed E-state index contributed by atoms with van der Waals surface area (Å²) in [6.45, 7) is 0. The van der Waals surface area contributed by atoms with Crippen LogP contribution in [0, 0.1) is 0 Å². The fourth-order valence-electron chi connectivity index (χ4n) is 0. The normalized spacial score (nSPS) is 4.80. The molecule has 0 spiro atoms. The molecular weight excluding hydrogens is 87.5 g/mol. The summed E-state index contributed by atoms with van der Waals surface area (Å²) in [6, 6.07) is 0. The van der Waals surface area contributed by atoms with Gasteiger partial charge in [0.25, 0.3) is 0 Å². The van der Waals surface area contributed by atoms with Crippen LogP contribution in [-0.2, 0) is 4.74 Å². The fourth-order valence-corrected chi connectivity index (χ4v) is 0. The van der Waals surface area contributed by atoms with Crippen molar-refractivity contribution in [3.8, 4) is 0 Å². The molecule has 0 saturated carbocycles. The van der Waals surface area contributed by atoms with E-state index in [1.165, 1.54) is 6.38 Å². The summed E-state index contributed by atoms with van der Waals surface area (Å²) in [4.78, 5) is 0. The molecule has 0 aliphatic rings. The molecule has 0 fully saturated rings. The van der Waals surface area contributed by atoms with Crippen molar-refractivity contribution in [1.29, 1.82) is 0 Å². The summed E-state index contributed by atoms with van der Waals surface area (Å²) in [6.07, 6.45) is 1.47. The molecule has 0 atom stereocenters. The Bertz CT molecular complexity index is 6.85. The minimum absolute atomic E-state index is 1.47. The van der Waals surface area contributed by atoms with Crippen LogP contribution in [0.4, 0.5) is 0 Å². The Morgan fingerprint density at radius 1 is 1.20 bits per heavy atom. The maximum Gasteiger partial charge on any atom is 0.0351 e. The van der Waals surface area contributed by atoms with E-state index in [4.69, 9.17) is 0 Å². The molecule has 0 saturated heterocycles. The van der Waals surface area contributed by atoms with Crippen molar-refractivity contribution >= 4 is 11.6 Å². The molecule has 34 valence electrons. The zero-order valence-electron chi connectivity index (χ0n) is 3.79. The van der Waals surface area contributed by atoms with Gasteiger partial charge in [-0.2, -0.15) is 0 Å². The van der Waals surface area contributed by atoms with E-state index in [-0.39, 0.29) is 0 Å². The van der Waals surface area contributed by atoms with Crippen LogP contribution in [0.25, 0.3) is 0 Å². The molecule has 0 bridgehead atoms. The summed E-state index contributed by atoms with van der Waals surface area (Å²) >= 11 is 4.64. The second-order valence-corrected chi connectivity index (χ2v) is 0.408. The third kappa shape index (κ3) is 344. The predicted octanol–water partition coefficient (Wildman–Crippen LogP) is 1.12. The van der Waals surface area contributed by atoms with Crippen molar-refractivity contribution in [1.82, 2.24) is 0 Å². The first kappa shape index (κ1) is 8.98. The average Bonchev–Trinajstić information content (AvgIpc) is 1.46. The predicted molar refractivity (Wildman–Crippen MR) is 24.7 cm³/mol. The Kier molecular flexibility index (Phi) is 51.6. The van der Waals surface area contributed by atoms with E-state index in [1.807, 2.05) is 0 Å². The molecule has 0 amide bonds. The van der Waals surface area contributed by atoms with Crippen molar-refractivity contribution in [2.24, 2.45) is 0 Å². The van der Waals surface area contributed by atoms with Gasteiger partial charge in [-0.05, 0) is 0 Å². The quantitative estimate of drug-likeness (QED) is 0.411. The monoisotopic (exact) mass is 96.0 g/mol. The average molecular weight is 96.6 g/mol. The lowest BCUT2D eigenvalue weighted by molar-refractivity contribution is 0.277. The van der Waals surface area contributed by atoms with Crippen molar-refractivity contribution in [2.75, 3.05) is 20.6 Å². The Hall–Kier alpha value is 0.250. The van der Waals surface area contributed by atoms with Gasteiger partial charge in [0.1, 0.15) is 0 Å². The number of methoxy groups -OCH3 is 1. The van der Waals surface area contributed by atoms with E-state index in [2.05, 4.69) is 16.3 Å². The summed E-state index contributed by atoms with van der Waals surface area (Å²) in [7, 11) is 3.25. The molecular formula is C3H9ClO. The summed E-state index contributed by atoms with van der Waals surface area (Å²) in [5.74, 6) is 0. The SMILES string of the molecule is CCl.COC. The topological polar surface area (TPSA) is 9.23 Å². The molecule has 0 aromatic heterocycles. The van der Waals surface area contributed by atoms with Crippen molar-refractivity contribution < 1.29 is 4.74 Å². The highest BCUT2D eigenvalue weighted by molar-refractivity contribution is 6.15. The molecule has 1 nitrogen and oxygen atoms in total. The molecule has 0 heterocycles. The first-order chi connectivity index (χ1) is 2.41. The van der Waals surface area contributed by atoms with Crippen LogP contribution in [0.2, 0.25) is 0 Å². The van der Waals surface area contributed by atoms with Gasteiger partial charge in [-0.3, -0.25) is 0 Å². The molecule has 5 heavy (non-hydrogen) atoms. The lowest BCUT2D eigenvalue weighted by Crippen LogP contribution is -1.55. The smallest absolute Gasteiger partial charge is 0.0351 e. The van der Waals surface area contributed by atoms with Crippen molar-refractivity contribution in [2.45, 2.75) is 0 Å². The summed E-state index contributed by atoms with van der Waals surface area (Å²) < 4.78 is 4.25. The minimum atomic E-state index is 1.47. The van der Waals surface area contributed by atoms with Crippen LogP contribution in [0.15, 0.2) is 0 Å². The fraction of sp³-hybridized carbons (Fsp3) is 1.00. The molecule has 0 radical (unpaired) electrons. The second kappa shape index (κ2) is 28.7. The van der Waals surface area contributed by atoms with Gasteiger partial charge in [-0.25, -0.2) is 0 Å². The van der Waals surface area contributed by atoms with Gasteiger partial charge in [-0.15, -0.1) is 11.6 Å². The second-order valence-electron chi connectivity index (χ2n) is 0.408. The van der Waals surface area contributed by atoms with E-state index in [9.17, 15) is 0 Å². The van der Waals surface area contributed by atoms with Crippen LogP contribution in [0.1, 0.15) is 0 Å². The van der Waals surface area contributed by atoms with Crippen LogP contribution < -0.4 is 0 Å². The van der Waals surface area contributed by atoms with Crippen LogP contribution in [0.5, 0.6) is 0 Å². The molecule has 0 aromatic carbocycles. The van der Waals surface area contributed by atoms with Gasteiger partial charge in [-0.1, -0.05) is 0 Å². The van der Waals surface area contributed by atoms with Gasteiger partial charge in [0, 0.05) is 20.6 Å². The third-order valence-electron chi connectivity index (χ3n) is 0. The Morgan fingerprint density at radius 2 is 1.20 bits per heavy atom. The lowest BCUT2D eigenvalue weighted by atomic mass is 11.6. The third-order valence-corrected chi connectivity index (χ3v) is 0. The lowest BCUT2D eigenvalue weighted by Gasteiger charge is -1.61. The summed E-state index contributed by atoms with van der Waals surface area (Å²) in [5.41, 5.74) is 0. The summed E-state index contributed by atoms with van der Waals surface area (Å²) in [5, 5.41) is 0. The maximum absolute atomic E-state index is 4.64. The van der Waals surface area contributed by atoms with E-state index < -0.39 is 0 Å². The van der Waals surface area contributed by atoms with Gasteiger partial charge in [0.05, 0.1) is 0 Å². The highest BCUT2D eigenvalue weighted by Crippen LogP contribution is 1.34. The minimum Gasteiger partial charge on any atom is -0.388 e. The molecule has 0 aromatic rings. The number of hydrogen-bond acceptors (Lipinski definition) is 1. The Labute approximate surface area is 37.9 Å². The van der Waals surface area contributed by atoms with Crippen molar-refractivity contribution in [3.05, 3.63) is 0 Å². The van der Waals surface area contributed by atoms with Gasteiger partial charge >= 0.3 is 0 Å². The van der Waals surface area contributed by atoms with E-state index in [0.29, 0.717) is 0 Å². The molecule has 0 aliphatic carbocycles. The molecule has 0 unspecified atom stereocenters. The van der Waals surface area contributed by atoms with Gasteiger partial charge in [0.15, 0.2) is 0 Å². The zero-order valence-corrected chi connectivity index (χ0v) is 4.54. The van der Waals surface area contributed by atoms with Gasteiger partial charge < -0.3 is 4.74 Å². The highest BCUT2D eigenvalue weighted by Gasteiger charge is 1.25. The zero-order chi connectivity index (χ0) is 4.71. The molecule has 0 rings (SSSR count). The first-order valence-electron chi connectivity index (χ1n) is 1.19. The van der Waals surface area contributed by atoms with E-state index >= 15 is 0 Å².